The lowest BCUT2D eigenvalue weighted by Gasteiger charge is -2.31. The number of aryl methyl sites for hydroxylation is 1. The molecule has 2 aliphatic rings. The number of likely N-dealkylation sites (tertiary alicyclic amines) is 1. The van der Waals surface area contributed by atoms with Crippen LogP contribution in [0.3, 0.4) is 0 Å². The van der Waals surface area contributed by atoms with Crippen LogP contribution in [0, 0.1) is 5.92 Å². The van der Waals surface area contributed by atoms with Crippen molar-refractivity contribution in [3.63, 3.8) is 0 Å². The molecule has 1 fully saturated rings. The second kappa shape index (κ2) is 8.04. The Morgan fingerprint density at radius 2 is 2.04 bits per heavy atom. The van der Waals surface area contributed by atoms with E-state index < -0.39 is 0 Å². The van der Waals surface area contributed by atoms with Gasteiger partial charge in [0, 0.05) is 25.4 Å². The average Bonchev–Trinajstić information content (AvgIpc) is 3.17. The smallest absolute Gasteiger partial charge is 0.236 e. The number of aromatic nitrogens is 2. The Kier molecular flexibility index (Phi) is 5.34. The van der Waals surface area contributed by atoms with Crippen molar-refractivity contribution < 1.29 is 9.47 Å². The summed E-state index contributed by atoms with van der Waals surface area (Å²) in [7, 11) is 1.66. The van der Waals surface area contributed by atoms with Crippen molar-refractivity contribution in [1.82, 2.24) is 14.9 Å². The van der Waals surface area contributed by atoms with E-state index in [1.165, 1.54) is 36.1 Å². The number of fused-ring (bicyclic) bond motifs is 1. The highest BCUT2D eigenvalue weighted by molar-refractivity contribution is 5.44. The van der Waals surface area contributed by atoms with Gasteiger partial charge in [-0.15, -0.1) is 0 Å². The Hall–Kier alpha value is -2.14. The molecule has 1 saturated heterocycles. The molecule has 0 amide bonds. The Bertz CT molecular complexity index is 742. The van der Waals surface area contributed by atoms with E-state index in [1.54, 1.807) is 19.5 Å². The number of nitrogens with zero attached hydrogens (tertiary/aromatic N) is 3. The summed E-state index contributed by atoms with van der Waals surface area (Å²) in [6, 6.07) is 6.62. The fourth-order valence-corrected chi connectivity index (χ4v) is 4.12. The van der Waals surface area contributed by atoms with Gasteiger partial charge in [0.1, 0.15) is 11.4 Å². The van der Waals surface area contributed by atoms with Crippen LogP contribution in [0.25, 0.3) is 0 Å². The first-order valence-electron chi connectivity index (χ1n) is 9.63. The van der Waals surface area contributed by atoms with E-state index in [4.69, 9.17) is 9.47 Å². The highest BCUT2D eigenvalue weighted by Crippen LogP contribution is 2.32. The summed E-state index contributed by atoms with van der Waals surface area (Å²) in [5, 5.41) is 0. The number of hydrogen-bond acceptors (Lipinski definition) is 5. The third-order valence-electron chi connectivity index (χ3n) is 5.63. The normalized spacial score (nSPS) is 17.7. The van der Waals surface area contributed by atoms with Gasteiger partial charge in [-0.05, 0) is 55.8 Å². The summed E-state index contributed by atoms with van der Waals surface area (Å²) >= 11 is 0. The molecule has 0 radical (unpaired) electrons. The fraction of sp³-hybridized carbons (Fsp3) is 0.524. The van der Waals surface area contributed by atoms with Crippen LogP contribution >= 0.6 is 0 Å². The van der Waals surface area contributed by atoms with Crippen LogP contribution in [0.4, 0.5) is 0 Å². The molecule has 0 unspecified atom stereocenters. The zero-order chi connectivity index (χ0) is 17.8. The van der Waals surface area contributed by atoms with Crippen LogP contribution in [0.1, 0.15) is 36.1 Å². The summed E-state index contributed by atoms with van der Waals surface area (Å²) in [5.74, 6) is 2.61. The molecule has 5 heteroatoms. The van der Waals surface area contributed by atoms with E-state index in [0.29, 0.717) is 5.88 Å². The molecule has 3 heterocycles. The zero-order valence-corrected chi connectivity index (χ0v) is 15.5. The standard InChI is InChI=1S/C21H27N3O2/c1-25-21-19(22-10-11-23-21)15-24-12-7-16(8-13-24)5-6-17-3-2-4-18-9-14-26-20(17)18/h2-4,10-11,16H,5-9,12-15H2,1H3. The second-order valence-corrected chi connectivity index (χ2v) is 7.27. The van der Waals surface area contributed by atoms with E-state index in [2.05, 4.69) is 33.1 Å². The second-order valence-electron chi connectivity index (χ2n) is 7.27. The Balaban J connectivity index is 1.27. The summed E-state index contributed by atoms with van der Waals surface area (Å²) in [6.07, 6.45) is 9.36. The summed E-state index contributed by atoms with van der Waals surface area (Å²) in [5.41, 5.74) is 3.72. The summed E-state index contributed by atoms with van der Waals surface area (Å²) < 4.78 is 11.2. The molecule has 0 spiro atoms. The largest absolute Gasteiger partial charge is 0.493 e. The van der Waals surface area contributed by atoms with Crippen molar-refractivity contribution >= 4 is 0 Å². The van der Waals surface area contributed by atoms with Gasteiger partial charge in [0.05, 0.1) is 13.7 Å². The molecule has 0 saturated carbocycles. The minimum atomic E-state index is 0.646. The highest BCUT2D eigenvalue weighted by atomic mass is 16.5. The molecule has 26 heavy (non-hydrogen) atoms. The Morgan fingerprint density at radius 1 is 1.19 bits per heavy atom. The molecule has 0 bridgehead atoms. The zero-order valence-electron chi connectivity index (χ0n) is 15.5. The number of methoxy groups -OCH3 is 1. The van der Waals surface area contributed by atoms with Crippen molar-refractivity contribution in [2.45, 2.75) is 38.6 Å². The molecule has 0 aliphatic carbocycles. The molecule has 2 aromatic rings. The topological polar surface area (TPSA) is 47.5 Å². The van der Waals surface area contributed by atoms with Crippen LogP contribution in [-0.4, -0.2) is 41.7 Å². The minimum absolute atomic E-state index is 0.646. The average molecular weight is 353 g/mol. The van der Waals surface area contributed by atoms with Gasteiger partial charge in [-0.2, -0.15) is 0 Å². The van der Waals surface area contributed by atoms with Crippen LogP contribution in [0.5, 0.6) is 11.6 Å². The number of para-hydroxylation sites is 1. The molecule has 5 nitrogen and oxygen atoms in total. The molecule has 0 N–H and O–H groups in total. The highest BCUT2D eigenvalue weighted by Gasteiger charge is 2.22. The van der Waals surface area contributed by atoms with Crippen molar-refractivity contribution in [2.24, 2.45) is 5.92 Å². The van der Waals surface area contributed by atoms with E-state index in [-0.39, 0.29) is 0 Å². The van der Waals surface area contributed by atoms with Crippen LogP contribution < -0.4 is 9.47 Å². The maximum atomic E-state index is 5.84. The molecule has 138 valence electrons. The van der Waals surface area contributed by atoms with Gasteiger partial charge in [0.25, 0.3) is 0 Å². The van der Waals surface area contributed by atoms with Crippen molar-refractivity contribution in [3.05, 3.63) is 47.4 Å². The van der Waals surface area contributed by atoms with Crippen molar-refractivity contribution in [3.8, 4) is 11.6 Å². The van der Waals surface area contributed by atoms with E-state index in [1.807, 2.05) is 0 Å². The van der Waals surface area contributed by atoms with Gasteiger partial charge < -0.3 is 9.47 Å². The fourth-order valence-electron chi connectivity index (χ4n) is 4.12. The summed E-state index contributed by atoms with van der Waals surface area (Å²) in [4.78, 5) is 11.1. The monoisotopic (exact) mass is 353 g/mol. The van der Waals surface area contributed by atoms with E-state index in [9.17, 15) is 0 Å². The molecule has 1 aromatic carbocycles. The Labute approximate surface area is 155 Å². The Morgan fingerprint density at radius 3 is 2.88 bits per heavy atom. The lowest BCUT2D eigenvalue weighted by Crippen LogP contribution is -2.33. The predicted octanol–water partition coefficient (Wildman–Crippen LogP) is 3.26. The molecule has 1 aromatic heterocycles. The summed E-state index contributed by atoms with van der Waals surface area (Å²) in [6.45, 7) is 3.90. The van der Waals surface area contributed by atoms with Crippen LogP contribution in [0.2, 0.25) is 0 Å². The number of hydrogen-bond donors (Lipinski definition) is 0. The quantitative estimate of drug-likeness (QED) is 0.798. The number of benzene rings is 1. The number of ether oxygens (including phenoxy) is 2. The van der Waals surface area contributed by atoms with Crippen molar-refractivity contribution in [2.75, 3.05) is 26.8 Å². The molecular formula is C21H27N3O2. The molecule has 0 atom stereocenters. The number of rotatable bonds is 6. The van der Waals surface area contributed by atoms with Crippen LogP contribution in [-0.2, 0) is 19.4 Å². The molecule has 4 rings (SSSR count). The third-order valence-corrected chi connectivity index (χ3v) is 5.63. The van der Waals surface area contributed by atoms with Gasteiger partial charge in [-0.1, -0.05) is 18.2 Å². The van der Waals surface area contributed by atoms with E-state index in [0.717, 1.165) is 50.7 Å². The molecule has 2 aliphatic heterocycles. The minimum Gasteiger partial charge on any atom is -0.493 e. The maximum Gasteiger partial charge on any atom is 0.236 e. The maximum absolute atomic E-state index is 5.84. The van der Waals surface area contributed by atoms with Gasteiger partial charge in [0.2, 0.25) is 5.88 Å². The third kappa shape index (κ3) is 3.83. The lowest BCUT2D eigenvalue weighted by molar-refractivity contribution is 0.168. The lowest BCUT2D eigenvalue weighted by atomic mass is 9.90. The van der Waals surface area contributed by atoms with Gasteiger partial charge in [0.15, 0.2) is 0 Å². The first-order valence-corrected chi connectivity index (χ1v) is 9.63. The van der Waals surface area contributed by atoms with Gasteiger partial charge in [-0.25, -0.2) is 4.98 Å². The van der Waals surface area contributed by atoms with E-state index >= 15 is 0 Å². The van der Waals surface area contributed by atoms with Gasteiger partial charge >= 0.3 is 0 Å². The SMILES string of the molecule is COc1nccnc1CN1CCC(CCc2cccc3c2OCC3)CC1. The molecular weight excluding hydrogens is 326 g/mol. The van der Waals surface area contributed by atoms with Crippen LogP contribution in [0.15, 0.2) is 30.6 Å². The first-order chi connectivity index (χ1) is 12.8. The first kappa shape index (κ1) is 17.3. The van der Waals surface area contributed by atoms with Gasteiger partial charge in [-0.3, -0.25) is 9.88 Å². The predicted molar refractivity (Wildman–Crippen MR) is 101 cm³/mol. The van der Waals surface area contributed by atoms with Crippen molar-refractivity contribution in [1.29, 1.82) is 0 Å². The number of piperidine rings is 1.